The summed E-state index contributed by atoms with van der Waals surface area (Å²) < 4.78 is 1.78. The fourth-order valence-corrected chi connectivity index (χ4v) is 2.18. The Morgan fingerprint density at radius 1 is 1.22 bits per heavy atom. The second kappa shape index (κ2) is 3.98. The third-order valence-corrected chi connectivity index (χ3v) is 3.42. The Balaban J connectivity index is 2.07. The molecule has 0 spiro atoms. The van der Waals surface area contributed by atoms with Crippen LogP contribution >= 0.6 is 0 Å². The Hall–Kier alpha value is -2.10. The van der Waals surface area contributed by atoms with Gasteiger partial charge in [0.2, 0.25) is 0 Å². The van der Waals surface area contributed by atoms with Crippen LogP contribution in [0, 0.1) is 13.8 Å². The van der Waals surface area contributed by atoms with Gasteiger partial charge in [-0.15, -0.1) is 0 Å². The maximum absolute atomic E-state index is 11.7. The Morgan fingerprint density at radius 2 is 2.06 bits per heavy atom. The molecule has 18 heavy (non-hydrogen) atoms. The highest BCUT2D eigenvalue weighted by molar-refractivity contribution is 5.94. The highest BCUT2D eigenvalue weighted by Crippen LogP contribution is 2.22. The van der Waals surface area contributed by atoms with Crippen molar-refractivity contribution in [2.24, 2.45) is 0 Å². The van der Waals surface area contributed by atoms with Crippen molar-refractivity contribution in [3.05, 3.63) is 41.1 Å². The molecule has 1 N–H and O–H groups in total. The predicted octanol–water partition coefficient (Wildman–Crippen LogP) is 1.91. The van der Waals surface area contributed by atoms with E-state index < -0.39 is 0 Å². The van der Waals surface area contributed by atoms with Crippen molar-refractivity contribution in [3.63, 3.8) is 0 Å². The maximum Gasteiger partial charge on any atom is 0.269 e. The lowest BCUT2D eigenvalue weighted by Gasteiger charge is -2.13. The molecular formula is C14H15N3O. The Morgan fingerprint density at radius 3 is 2.78 bits per heavy atom. The molecular weight excluding hydrogens is 226 g/mol. The monoisotopic (exact) mass is 241 g/mol. The lowest BCUT2D eigenvalue weighted by molar-refractivity contribution is 0.0924. The van der Waals surface area contributed by atoms with E-state index in [0.717, 1.165) is 17.8 Å². The third kappa shape index (κ3) is 1.70. The molecule has 0 bridgehead atoms. The van der Waals surface area contributed by atoms with Gasteiger partial charge in [-0.3, -0.25) is 9.48 Å². The second-order valence-corrected chi connectivity index (χ2v) is 4.69. The van der Waals surface area contributed by atoms with E-state index in [9.17, 15) is 4.79 Å². The van der Waals surface area contributed by atoms with Crippen LogP contribution in [0.25, 0.3) is 11.3 Å². The molecule has 0 saturated heterocycles. The number of nitrogens with one attached hydrogen (secondary N) is 1. The number of nitrogens with zero attached hydrogens (tertiary/aromatic N) is 2. The van der Waals surface area contributed by atoms with Crippen LogP contribution in [-0.2, 0) is 6.54 Å². The van der Waals surface area contributed by atoms with Crippen LogP contribution in [0.3, 0.4) is 0 Å². The summed E-state index contributed by atoms with van der Waals surface area (Å²) in [5, 5.41) is 7.32. The third-order valence-electron chi connectivity index (χ3n) is 3.42. The minimum Gasteiger partial charge on any atom is -0.349 e. The van der Waals surface area contributed by atoms with Crippen LogP contribution in [0.5, 0.6) is 0 Å². The van der Waals surface area contributed by atoms with Crippen molar-refractivity contribution in [1.82, 2.24) is 15.1 Å². The molecule has 0 saturated carbocycles. The molecule has 0 unspecified atom stereocenters. The van der Waals surface area contributed by atoms with Gasteiger partial charge in [-0.2, -0.15) is 5.10 Å². The first-order valence-corrected chi connectivity index (χ1v) is 6.09. The minimum atomic E-state index is -0.0381. The van der Waals surface area contributed by atoms with Crippen molar-refractivity contribution in [3.8, 4) is 11.3 Å². The maximum atomic E-state index is 11.7. The highest BCUT2D eigenvalue weighted by Gasteiger charge is 2.19. The minimum absolute atomic E-state index is 0.0381. The number of hydrogen-bond acceptors (Lipinski definition) is 2. The smallest absolute Gasteiger partial charge is 0.269 e. The molecule has 1 aromatic carbocycles. The molecule has 2 aromatic rings. The van der Waals surface area contributed by atoms with E-state index in [-0.39, 0.29) is 5.91 Å². The van der Waals surface area contributed by atoms with Gasteiger partial charge in [-0.25, -0.2) is 0 Å². The number of rotatable bonds is 1. The first-order valence-electron chi connectivity index (χ1n) is 6.09. The van der Waals surface area contributed by atoms with Crippen molar-refractivity contribution in [2.45, 2.75) is 20.4 Å². The van der Waals surface area contributed by atoms with Gasteiger partial charge < -0.3 is 5.32 Å². The van der Waals surface area contributed by atoms with Crippen molar-refractivity contribution in [2.75, 3.05) is 6.54 Å². The number of benzene rings is 1. The summed E-state index contributed by atoms with van der Waals surface area (Å²) in [6.07, 6.45) is 0. The Kier molecular flexibility index (Phi) is 2.44. The van der Waals surface area contributed by atoms with Crippen LogP contribution in [0.1, 0.15) is 21.6 Å². The average Bonchev–Trinajstić information content (AvgIpc) is 2.78. The molecule has 92 valence electrons. The molecule has 2 heterocycles. The summed E-state index contributed by atoms with van der Waals surface area (Å²) in [5.74, 6) is -0.0381. The number of amides is 1. The summed E-state index contributed by atoms with van der Waals surface area (Å²) in [5.41, 5.74) is 5.08. The predicted molar refractivity (Wildman–Crippen MR) is 69.5 cm³/mol. The average molecular weight is 241 g/mol. The zero-order chi connectivity index (χ0) is 12.7. The number of aromatic nitrogens is 2. The topological polar surface area (TPSA) is 46.9 Å². The zero-order valence-corrected chi connectivity index (χ0v) is 10.5. The highest BCUT2D eigenvalue weighted by atomic mass is 16.2. The number of carbonyl (C=O) groups is 1. The van der Waals surface area contributed by atoms with Gasteiger partial charge in [0.1, 0.15) is 5.69 Å². The number of aryl methyl sites for hydroxylation is 2. The molecule has 4 heteroatoms. The van der Waals surface area contributed by atoms with Crippen LogP contribution in [-0.4, -0.2) is 22.2 Å². The van der Waals surface area contributed by atoms with Crippen LogP contribution in [0.15, 0.2) is 24.3 Å². The van der Waals surface area contributed by atoms with Crippen LogP contribution < -0.4 is 5.32 Å². The normalized spacial score (nSPS) is 14.2. The molecule has 4 nitrogen and oxygen atoms in total. The second-order valence-electron chi connectivity index (χ2n) is 4.69. The van der Waals surface area contributed by atoms with Gasteiger partial charge in [-0.05, 0) is 37.1 Å². The van der Waals surface area contributed by atoms with Crippen LogP contribution in [0.2, 0.25) is 0 Å². The summed E-state index contributed by atoms with van der Waals surface area (Å²) in [4.78, 5) is 11.7. The van der Waals surface area contributed by atoms with E-state index in [0.29, 0.717) is 12.2 Å². The number of carbonyl (C=O) groups excluding carboxylic acids is 1. The molecule has 1 amide bonds. The fraction of sp³-hybridized carbons (Fsp3) is 0.286. The standard InChI is InChI=1S/C14H15N3O/c1-9-3-4-11(7-10(9)2)12-8-13-14(18)15-5-6-17(13)16-12/h3-4,7-8H,5-6H2,1-2H3,(H,15,18). The van der Waals surface area contributed by atoms with E-state index >= 15 is 0 Å². The molecule has 1 aliphatic rings. The van der Waals surface area contributed by atoms with E-state index in [1.165, 1.54) is 11.1 Å². The lowest BCUT2D eigenvalue weighted by atomic mass is 10.0. The van der Waals surface area contributed by atoms with Gasteiger partial charge in [0.05, 0.1) is 12.2 Å². The summed E-state index contributed by atoms with van der Waals surface area (Å²) in [7, 11) is 0. The molecule has 1 aliphatic heterocycles. The molecule has 0 aliphatic carbocycles. The van der Waals surface area contributed by atoms with Gasteiger partial charge in [0.15, 0.2) is 0 Å². The first kappa shape index (κ1) is 11.0. The van der Waals surface area contributed by atoms with Gasteiger partial charge in [0.25, 0.3) is 5.91 Å². The Labute approximate surface area is 106 Å². The molecule has 0 radical (unpaired) electrons. The van der Waals surface area contributed by atoms with Crippen molar-refractivity contribution < 1.29 is 4.79 Å². The largest absolute Gasteiger partial charge is 0.349 e. The Bertz CT molecular complexity index is 628. The van der Waals surface area contributed by atoms with Crippen molar-refractivity contribution in [1.29, 1.82) is 0 Å². The van der Waals surface area contributed by atoms with Gasteiger partial charge in [-0.1, -0.05) is 12.1 Å². The van der Waals surface area contributed by atoms with Crippen LogP contribution in [0.4, 0.5) is 0 Å². The van der Waals surface area contributed by atoms with E-state index in [2.05, 4.69) is 42.5 Å². The first-order chi connectivity index (χ1) is 8.65. The molecule has 1 aromatic heterocycles. The van der Waals surface area contributed by atoms with E-state index in [1.807, 2.05) is 6.07 Å². The number of hydrogen-bond donors (Lipinski definition) is 1. The van der Waals surface area contributed by atoms with Gasteiger partial charge in [0, 0.05) is 12.1 Å². The van der Waals surface area contributed by atoms with E-state index in [1.54, 1.807) is 4.68 Å². The molecule has 0 fully saturated rings. The van der Waals surface area contributed by atoms with E-state index in [4.69, 9.17) is 0 Å². The summed E-state index contributed by atoms with van der Waals surface area (Å²) in [6, 6.07) is 8.11. The molecule has 3 rings (SSSR count). The van der Waals surface area contributed by atoms with Crippen molar-refractivity contribution >= 4 is 5.91 Å². The number of fused-ring (bicyclic) bond motifs is 1. The lowest BCUT2D eigenvalue weighted by Crippen LogP contribution is -2.35. The summed E-state index contributed by atoms with van der Waals surface area (Å²) in [6.45, 7) is 5.57. The summed E-state index contributed by atoms with van der Waals surface area (Å²) >= 11 is 0. The zero-order valence-electron chi connectivity index (χ0n) is 10.5. The van der Waals surface area contributed by atoms with Gasteiger partial charge >= 0.3 is 0 Å². The fourth-order valence-electron chi connectivity index (χ4n) is 2.18. The molecule has 0 atom stereocenters. The SMILES string of the molecule is Cc1ccc(-c2cc3n(n2)CCNC3=O)cc1C. The quantitative estimate of drug-likeness (QED) is 0.829.